The molecule has 132 valence electrons. The molecule has 25 heavy (non-hydrogen) atoms. The van der Waals surface area contributed by atoms with Gasteiger partial charge < -0.3 is 5.41 Å². The lowest BCUT2D eigenvalue weighted by atomic mass is 9.74. The zero-order valence-electron chi connectivity index (χ0n) is 14.6. The van der Waals surface area contributed by atoms with Crippen molar-refractivity contribution < 1.29 is 8.42 Å². The Kier molecular flexibility index (Phi) is 4.40. The molecule has 1 aromatic rings. The number of hydrogen-bond donors (Lipinski definition) is 2. The van der Waals surface area contributed by atoms with Crippen LogP contribution in [0.5, 0.6) is 0 Å². The van der Waals surface area contributed by atoms with E-state index in [2.05, 4.69) is 25.2 Å². The van der Waals surface area contributed by atoms with Gasteiger partial charge in [0, 0.05) is 5.56 Å². The molecule has 1 saturated carbocycles. The Balaban J connectivity index is 1.95. The number of hydrogen-bond acceptors (Lipinski definition) is 3. The second kappa shape index (κ2) is 6.56. The van der Waals surface area contributed by atoms with E-state index >= 15 is 0 Å². The minimum Gasteiger partial charge on any atom is -0.313 e. The van der Waals surface area contributed by atoms with Crippen LogP contribution in [0.2, 0.25) is 0 Å². The molecule has 0 aromatic heterocycles. The number of fused-ring (bicyclic) bond motifs is 3. The van der Waals surface area contributed by atoms with Crippen molar-refractivity contribution in [3.8, 4) is 0 Å². The van der Waals surface area contributed by atoms with Crippen molar-refractivity contribution >= 4 is 29.1 Å². The van der Waals surface area contributed by atoms with Gasteiger partial charge in [0.15, 0.2) is 10.7 Å². The lowest BCUT2D eigenvalue weighted by Crippen LogP contribution is -2.19. The summed E-state index contributed by atoms with van der Waals surface area (Å²) in [6, 6.07) is 1.92. The van der Waals surface area contributed by atoms with Gasteiger partial charge in [-0.15, -0.1) is 0 Å². The van der Waals surface area contributed by atoms with Crippen molar-refractivity contribution in [3.63, 3.8) is 0 Å². The van der Waals surface area contributed by atoms with Gasteiger partial charge in [-0.25, -0.2) is 8.42 Å². The fourth-order valence-corrected chi connectivity index (χ4v) is 5.11. The molecule has 3 aliphatic carbocycles. The minimum absolute atomic E-state index is 0.141. The van der Waals surface area contributed by atoms with Gasteiger partial charge in [-0.3, -0.25) is 0 Å². The van der Waals surface area contributed by atoms with Crippen molar-refractivity contribution in [2.24, 2.45) is 11.8 Å². The maximum Gasteiger partial charge on any atom is 0.168 e. The summed E-state index contributed by atoms with van der Waals surface area (Å²) < 4.78 is 24.1. The lowest BCUT2D eigenvalue weighted by molar-refractivity contribution is 0.487. The van der Waals surface area contributed by atoms with Crippen LogP contribution in [-0.2, 0) is 17.1 Å². The van der Waals surface area contributed by atoms with E-state index in [1.54, 1.807) is 0 Å². The van der Waals surface area contributed by atoms with Crippen LogP contribution in [0.25, 0.3) is 12.2 Å². The van der Waals surface area contributed by atoms with Crippen LogP contribution in [0.15, 0.2) is 22.6 Å². The molecule has 0 radical (unpaired) electrons. The summed E-state index contributed by atoms with van der Waals surface area (Å²) in [7, 11) is -2.63. The fourth-order valence-electron chi connectivity index (χ4n) is 4.48. The van der Waals surface area contributed by atoms with Crippen LogP contribution in [0.3, 0.4) is 0 Å². The quantitative estimate of drug-likeness (QED) is 0.614. The van der Waals surface area contributed by atoms with Crippen LogP contribution < -0.4 is 0 Å². The van der Waals surface area contributed by atoms with E-state index in [1.165, 1.54) is 30.2 Å². The van der Waals surface area contributed by atoms with E-state index in [0.717, 1.165) is 42.4 Å². The van der Waals surface area contributed by atoms with Gasteiger partial charge in [0.2, 0.25) is 0 Å². The van der Waals surface area contributed by atoms with Crippen LogP contribution in [0.1, 0.15) is 67.2 Å². The summed E-state index contributed by atoms with van der Waals surface area (Å²) in [5.41, 5.74) is 5.87. The second-order valence-electron chi connectivity index (χ2n) is 7.67. The van der Waals surface area contributed by atoms with Crippen molar-refractivity contribution in [1.29, 1.82) is 5.41 Å². The first-order valence-corrected chi connectivity index (χ1v) is 10.5. The Bertz CT molecular complexity index is 851. The van der Waals surface area contributed by atoms with Crippen LogP contribution in [0.4, 0.5) is 0 Å². The molecule has 3 aliphatic rings. The molecule has 0 amide bonds. The Morgan fingerprint density at radius 1 is 1.24 bits per heavy atom. The van der Waals surface area contributed by atoms with Crippen molar-refractivity contribution in [2.75, 3.05) is 0 Å². The molecular weight excluding hydrogens is 330 g/mol. The van der Waals surface area contributed by atoms with Gasteiger partial charge in [0.1, 0.15) is 0 Å². The minimum atomic E-state index is -2.63. The van der Waals surface area contributed by atoms with E-state index in [4.69, 9.17) is 5.41 Å². The van der Waals surface area contributed by atoms with Crippen LogP contribution in [0, 0.1) is 17.2 Å². The van der Waals surface area contributed by atoms with E-state index < -0.39 is 10.7 Å². The predicted molar refractivity (Wildman–Crippen MR) is 103 cm³/mol. The number of allylic oxidation sites excluding steroid dienone is 2. The average Bonchev–Trinajstić information content (AvgIpc) is 3.45. The summed E-state index contributed by atoms with van der Waals surface area (Å²) >= 11 is 0. The Hall–Kier alpha value is -1.68. The average molecular weight is 356 g/mol. The number of nitrogens with one attached hydrogen (secondary N) is 1. The van der Waals surface area contributed by atoms with Crippen LogP contribution in [-0.4, -0.2) is 14.6 Å². The maximum atomic E-state index is 12.0. The summed E-state index contributed by atoms with van der Waals surface area (Å²) in [6.07, 6.45) is 14.6. The molecular formula is C21H25NO2S. The number of thiol groups is 1. The number of rotatable bonds is 4. The highest BCUT2D eigenvalue weighted by atomic mass is 32.2. The molecule has 1 N–H and O–H groups in total. The van der Waals surface area contributed by atoms with E-state index in [1.807, 2.05) is 6.07 Å². The molecule has 1 aromatic carbocycles. The van der Waals surface area contributed by atoms with Crippen molar-refractivity contribution in [2.45, 2.75) is 56.3 Å². The summed E-state index contributed by atoms with van der Waals surface area (Å²) in [5, 5.41) is 7.66. The van der Waals surface area contributed by atoms with Gasteiger partial charge in [0.05, 0.1) is 4.90 Å². The topological polar surface area (TPSA) is 58.0 Å². The Morgan fingerprint density at radius 3 is 2.72 bits per heavy atom. The van der Waals surface area contributed by atoms with Gasteiger partial charge in [-0.2, -0.15) is 0 Å². The first kappa shape index (κ1) is 16.8. The van der Waals surface area contributed by atoms with Gasteiger partial charge >= 0.3 is 0 Å². The molecule has 0 saturated heterocycles. The molecule has 2 unspecified atom stereocenters. The zero-order valence-corrected chi connectivity index (χ0v) is 15.5. The summed E-state index contributed by atoms with van der Waals surface area (Å²) in [4.78, 5) is 0.470. The second-order valence-corrected chi connectivity index (χ2v) is 8.67. The molecule has 3 nitrogen and oxygen atoms in total. The molecule has 2 atom stereocenters. The predicted octanol–water partition coefficient (Wildman–Crippen LogP) is 4.57. The SMILES string of the molecule is CC(C=N)C1CCCc2c1cc([SH](=O)=O)c1c2C=CCC(C2CC2)=C1. The Labute approximate surface area is 151 Å². The molecule has 0 heterocycles. The standard InChI is InChI=1S/C21H25NO2S/c1-13(12-22)16-5-3-7-17-18-6-2-4-15(14-8-9-14)10-20(18)21(25(23)24)11-19(16)17/h2,6,10-14,16,22,25H,3-5,7-9H2,1H3. The maximum absolute atomic E-state index is 12.0. The van der Waals surface area contributed by atoms with Crippen LogP contribution >= 0.6 is 0 Å². The fraction of sp³-hybridized carbons (Fsp3) is 0.476. The smallest absolute Gasteiger partial charge is 0.168 e. The van der Waals surface area contributed by atoms with Crippen molar-refractivity contribution in [1.82, 2.24) is 0 Å². The first-order chi connectivity index (χ1) is 12.1. The van der Waals surface area contributed by atoms with Gasteiger partial charge in [-0.1, -0.05) is 30.7 Å². The van der Waals surface area contributed by atoms with Gasteiger partial charge in [0.25, 0.3) is 0 Å². The molecule has 0 bridgehead atoms. The number of benzene rings is 1. The monoisotopic (exact) mass is 355 g/mol. The third-order valence-electron chi connectivity index (χ3n) is 6.04. The molecule has 4 heteroatoms. The highest BCUT2D eigenvalue weighted by Crippen LogP contribution is 2.45. The summed E-state index contributed by atoms with van der Waals surface area (Å²) in [6.45, 7) is 2.07. The highest BCUT2D eigenvalue weighted by molar-refractivity contribution is 7.72. The first-order valence-electron chi connectivity index (χ1n) is 9.32. The molecule has 4 rings (SSSR count). The largest absolute Gasteiger partial charge is 0.313 e. The van der Waals surface area contributed by atoms with E-state index in [0.29, 0.717) is 10.8 Å². The Morgan fingerprint density at radius 2 is 2.04 bits per heavy atom. The van der Waals surface area contributed by atoms with E-state index in [-0.39, 0.29) is 11.8 Å². The van der Waals surface area contributed by atoms with Crippen molar-refractivity contribution in [3.05, 3.63) is 40.0 Å². The third-order valence-corrected chi connectivity index (χ3v) is 6.80. The normalized spacial score (nSPS) is 23.4. The van der Waals surface area contributed by atoms with E-state index in [9.17, 15) is 8.42 Å². The zero-order chi connectivity index (χ0) is 17.6. The molecule has 0 aliphatic heterocycles. The third kappa shape index (κ3) is 3.01. The van der Waals surface area contributed by atoms with Gasteiger partial charge in [-0.05, 0) is 85.2 Å². The summed E-state index contributed by atoms with van der Waals surface area (Å²) in [5.74, 6) is 1.04. The molecule has 0 spiro atoms. The lowest BCUT2D eigenvalue weighted by Gasteiger charge is -2.31. The highest BCUT2D eigenvalue weighted by Gasteiger charge is 2.30. The molecule has 1 fully saturated rings.